The minimum atomic E-state index is -0.638. The van der Waals surface area contributed by atoms with Crippen molar-refractivity contribution in [2.45, 2.75) is 32.2 Å². The molecule has 3 N–H and O–H groups in total. The average molecular weight is 319 g/mol. The maximum Gasteiger partial charge on any atom is 0.239 e. The van der Waals surface area contributed by atoms with Gasteiger partial charge in [-0.1, -0.05) is 12.1 Å². The molecule has 0 spiro atoms. The molecule has 1 aromatic rings. The molecule has 0 aliphatic carbocycles. The van der Waals surface area contributed by atoms with Gasteiger partial charge >= 0.3 is 0 Å². The van der Waals surface area contributed by atoms with Crippen LogP contribution >= 0.6 is 0 Å². The molecule has 124 valence electrons. The van der Waals surface area contributed by atoms with E-state index in [1.165, 1.54) is 7.11 Å². The smallest absolute Gasteiger partial charge is 0.239 e. The van der Waals surface area contributed by atoms with Gasteiger partial charge in [-0.25, -0.2) is 0 Å². The number of hydrogen-bond acceptors (Lipinski definition) is 4. The largest absolute Gasteiger partial charge is 0.495 e. The minimum absolute atomic E-state index is 0.00449. The number of methoxy groups -OCH3 is 1. The fourth-order valence-corrected chi connectivity index (χ4v) is 2.53. The van der Waals surface area contributed by atoms with Crippen LogP contribution < -0.4 is 20.7 Å². The van der Waals surface area contributed by atoms with Gasteiger partial charge in [-0.05, 0) is 25.5 Å². The Kier molecular flexibility index (Phi) is 5.20. The molecule has 0 radical (unpaired) electrons. The van der Waals surface area contributed by atoms with Crippen molar-refractivity contribution in [3.63, 3.8) is 0 Å². The van der Waals surface area contributed by atoms with Crippen LogP contribution in [0.5, 0.6) is 5.75 Å². The Balaban J connectivity index is 2.13. The summed E-state index contributed by atoms with van der Waals surface area (Å²) in [6, 6.07) is 5.26. The fourth-order valence-electron chi connectivity index (χ4n) is 2.53. The maximum absolute atomic E-state index is 12.4. The number of carbonyl (C=O) groups is 3. The van der Waals surface area contributed by atoms with Gasteiger partial charge in [0, 0.05) is 12.5 Å². The fraction of sp³-hybridized carbons (Fsp3) is 0.438. The van der Waals surface area contributed by atoms with Gasteiger partial charge in [-0.15, -0.1) is 0 Å². The molecule has 1 atom stereocenters. The van der Waals surface area contributed by atoms with E-state index in [9.17, 15) is 14.4 Å². The number of benzene rings is 1. The van der Waals surface area contributed by atoms with Crippen LogP contribution in [0.1, 0.15) is 31.7 Å². The number of carbonyl (C=O) groups excluding carboxylic acids is 3. The summed E-state index contributed by atoms with van der Waals surface area (Å²) < 4.78 is 5.22. The Morgan fingerprint density at radius 3 is 2.78 bits per heavy atom. The Hall–Kier alpha value is -2.57. The van der Waals surface area contributed by atoms with E-state index >= 15 is 0 Å². The summed E-state index contributed by atoms with van der Waals surface area (Å²) >= 11 is 0. The molecule has 1 aromatic carbocycles. The molecule has 1 aliphatic rings. The highest BCUT2D eigenvalue weighted by atomic mass is 16.5. The number of anilines is 1. The highest BCUT2D eigenvalue weighted by molar-refractivity contribution is 6.02. The zero-order chi connectivity index (χ0) is 17.0. The number of fused-ring (bicyclic) bond motifs is 1. The second-order valence-corrected chi connectivity index (χ2v) is 5.67. The third-order valence-electron chi connectivity index (χ3n) is 3.50. The highest BCUT2D eigenvalue weighted by Gasteiger charge is 2.32. The topological polar surface area (TPSA) is 96.5 Å². The van der Waals surface area contributed by atoms with Crippen LogP contribution in [-0.2, 0) is 14.4 Å². The lowest BCUT2D eigenvalue weighted by Crippen LogP contribution is -2.42. The number of amides is 3. The van der Waals surface area contributed by atoms with Crippen LogP contribution in [0.15, 0.2) is 18.2 Å². The van der Waals surface area contributed by atoms with Crippen LogP contribution in [0.25, 0.3) is 0 Å². The van der Waals surface area contributed by atoms with Gasteiger partial charge in [0.1, 0.15) is 5.75 Å². The summed E-state index contributed by atoms with van der Waals surface area (Å²) in [6.07, 6.45) is 0.0395. The summed E-state index contributed by atoms with van der Waals surface area (Å²) in [4.78, 5) is 35.9. The summed E-state index contributed by atoms with van der Waals surface area (Å²) in [5, 5.41) is 8.01. The SMILES string of the molecule is COc1cccc2c1NC(=O)C[C@@H]2C(=O)NCC(=O)NC(C)C. The first kappa shape index (κ1) is 16.8. The van der Waals surface area contributed by atoms with E-state index in [0.717, 1.165) is 0 Å². The zero-order valence-electron chi connectivity index (χ0n) is 13.4. The normalized spacial score (nSPS) is 16.3. The third-order valence-corrected chi connectivity index (χ3v) is 3.50. The lowest BCUT2D eigenvalue weighted by Gasteiger charge is -2.26. The third kappa shape index (κ3) is 4.00. The molecule has 0 aromatic heterocycles. The molecule has 0 saturated carbocycles. The van der Waals surface area contributed by atoms with Crippen molar-refractivity contribution >= 4 is 23.4 Å². The molecule has 2 rings (SSSR count). The van der Waals surface area contributed by atoms with E-state index in [4.69, 9.17) is 4.74 Å². The molecule has 7 nitrogen and oxygen atoms in total. The van der Waals surface area contributed by atoms with Crippen molar-refractivity contribution in [2.24, 2.45) is 0 Å². The van der Waals surface area contributed by atoms with Crippen molar-refractivity contribution in [3.05, 3.63) is 23.8 Å². The lowest BCUT2D eigenvalue weighted by atomic mass is 9.89. The first-order valence-electron chi connectivity index (χ1n) is 7.46. The Bertz CT molecular complexity index is 628. The minimum Gasteiger partial charge on any atom is -0.495 e. The van der Waals surface area contributed by atoms with Crippen LogP contribution in [-0.4, -0.2) is 37.4 Å². The second kappa shape index (κ2) is 7.13. The van der Waals surface area contributed by atoms with Gasteiger partial charge in [0.2, 0.25) is 17.7 Å². The Labute approximate surface area is 134 Å². The van der Waals surface area contributed by atoms with Crippen molar-refractivity contribution < 1.29 is 19.1 Å². The van der Waals surface area contributed by atoms with Crippen molar-refractivity contribution in [2.75, 3.05) is 19.0 Å². The summed E-state index contributed by atoms with van der Waals surface area (Å²) in [5.74, 6) is -1.01. The van der Waals surface area contributed by atoms with Crippen LogP contribution in [0, 0.1) is 0 Å². The molecule has 0 saturated heterocycles. The molecule has 3 amide bonds. The first-order chi connectivity index (χ1) is 10.9. The molecule has 0 bridgehead atoms. The summed E-state index contributed by atoms with van der Waals surface area (Å²) in [7, 11) is 1.50. The second-order valence-electron chi connectivity index (χ2n) is 5.67. The number of rotatable bonds is 5. The standard InChI is InChI=1S/C16H21N3O4/c1-9(2)18-14(21)8-17-16(22)11-7-13(20)19-15-10(11)5-4-6-12(15)23-3/h4-6,9,11H,7-8H2,1-3H3,(H,17,22)(H,18,21)(H,19,20)/t11-/m0/s1. The van der Waals surface area contributed by atoms with Gasteiger partial charge in [0.25, 0.3) is 0 Å². The summed E-state index contributed by atoms with van der Waals surface area (Å²) in [5.41, 5.74) is 1.20. The van der Waals surface area contributed by atoms with Crippen LogP contribution in [0.4, 0.5) is 5.69 Å². The quantitative estimate of drug-likeness (QED) is 0.746. The van der Waals surface area contributed by atoms with E-state index < -0.39 is 5.92 Å². The maximum atomic E-state index is 12.4. The van der Waals surface area contributed by atoms with E-state index in [1.54, 1.807) is 18.2 Å². The molecule has 7 heteroatoms. The van der Waals surface area contributed by atoms with E-state index in [2.05, 4.69) is 16.0 Å². The molecule has 1 aliphatic heterocycles. The van der Waals surface area contributed by atoms with Gasteiger partial charge in [-0.2, -0.15) is 0 Å². The Morgan fingerprint density at radius 2 is 2.13 bits per heavy atom. The van der Waals surface area contributed by atoms with Gasteiger partial charge in [0.15, 0.2) is 0 Å². The molecular weight excluding hydrogens is 298 g/mol. The zero-order valence-corrected chi connectivity index (χ0v) is 13.4. The van der Waals surface area contributed by atoms with Gasteiger partial charge < -0.3 is 20.7 Å². The number of para-hydroxylation sites is 1. The average Bonchev–Trinajstić information content (AvgIpc) is 2.50. The van der Waals surface area contributed by atoms with E-state index in [0.29, 0.717) is 17.0 Å². The van der Waals surface area contributed by atoms with Gasteiger partial charge in [-0.3, -0.25) is 14.4 Å². The highest BCUT2D eigenvalue weighted by Crippen LogP contribution is 2.38. The first-order valence-corrected chi connectivity index (χ1v) is 7.46. The monoisotopic (exact) mass is 319 g/mol. The molecule has 0 unspecified atom stereocenters. The van der Waals surface area contributed by atoms with Crippen LogP contribution in [0.2, 0.25) is 0 Å². The van der Waals surface area contributed by atoms with Crippen molar-refractivity contribution in [1.29, 1.82) is 0 Å². The molecule has 1 heterocycles. The van der Waals surface area contributed by atoms with E-state index in [-0.39, 0.29) is 36.7 Å². The summed E-state index contributed by atoms with van der Waals surface area (Å²) in [6.45, 7) is 3.57. The number of hydrogen-bond donors (Lipinski definition) is 3. The molecule has 23 heavy (non-hydrogen) atoms. The predicted molar refractivity (Wildman–Crippen MR) is 85.3 cm³/mol. The Morgan fingerprint density at radius 1 is 1.39 bits per heavy atom. The lowest BCUT2D eigenvalue weighted by molar-refractivity contribution is -0.128. The number of nitrogens with one attached hydrogen (secondary N) is 3. The van der Waals surface area contributed by atoms with Crippen LogP contribution in [0.3, 0.4) is 0 Å². The van der Waals surface area contributed by atoms with Gasteiger partial charge in [0.05, 0.1) is 25.3 Å². The molecular formula is C16H21N3O4. The van der Waals surface area contributed by atoms with Crippen molar-refractivity contribution in [3.8, 4) is 5.75 Å². The predicted octanol–water partition coefficient (Wildman–Crippen LogP) is 0.762. The van der Waals surface area contributed by atoms with E-state index in [1.807, 2.05) is 13.8 Å². The van der Waals surface area contributed by atoms with Crippen molar-refractivity contribution in [1.82, 2.24) is 10.6 Å². The number of ether oxygens (including phenoxy) is 1. The molecule has 0 fully saturated rings.